The number of aromatic carboxylic acids is 1. The minimum absolute atomic E-state index is 0. The number of benzene rings is 4. The number of halogens is 2. The van der Waals surface area contributed by atoms with Crippen molar-refractivity contribution in [2.75, 3.05) is 68.3 Å². The molecule has 119 heavy (non-hydrogen) atoms. The monoisotopic (exact) mass is 1700 g/mol. The minimum Gasteiger partial charge on any atom is -0.496 e. The Kier molecular flexibility index (Phi) is 38.7. The van der Waals surface area contributed by atoms with Crippen LogP contribution >= 0.6 is 24.8 Å². The van der Waals surface area contributed by atoms with Crippen LogP contribution in [-0.4, -0.2) is 206 Å². The summed E-state index contributed by atoms with van der Waals surface area (Å²) in [5.74, 6) is -4.33. The van der Waals surface area contributed by atoms with Crippen molar-refractivity contribution in [2.45, 2.75) is 192 Å². The summed E-state index contributed by atoms with van der Waals surface area (Å²) in [6, 6.07) is 24.7. The van der Waals surface area contributed by atoms with E-state index in [4.69, 9.17) is 34.5 Å². The number of H-pyrrole nitrogens is 1. The quantitative estimate of drug-likeness (QED) is 0.0275. The molecule has 34 heteroatoms. The Balaban J connectivity index is 0.000000262. The second-order valence-electron chi connectivity index (χ2n) is 31.5. The smallest absolute Gasteiger partial charge is 0.411 e. The van der Waals surface area contributed by atoms with Gasteiger partial charge in [0.05, 0.1) is 41.5 Å². The zero-order valence-corrected chi connectivity index (χ0v) is 71.1. The fourth-order valence-electron chi connectivity index (χ4n) is 15.0. The number of fused-ring (bicyclic) bond motifs is 4. The Labute approximate surface area is 705 Å². The number of rotatable bonds is 19. The molecule has 10 N–H and O–H groups in total. The molecule has 0 bridgehead atoms. The molecule has 12 rings (SSSR count). The zero-order chi connectivity index (χ0) is 86.0. The highest BCUT2D eigenvalue weighted by Gasteiger charge is 2.43. The average molecular weight is 1700 g/mol. The molecule has 0 unspecified atom stereocenters. The molecule has 5 aromatic rings. The summed E-state index contributed by atoms with van der Waals surface area (Å²) in [4.78, 5) is 172. The number of ketones is 2. The second kappa shape index (κ2) is 46.6. The van der Waals surface area contributed by atoms with Gasteiger partial charge in [-0.25, -0.2) is 28.8 Å². The molecule has 6 amide bonds. The number of nitrogens with two attached hydrogens (primary N) is 1. The molecular weight excluding hydrogens is 1590 g/mol. The summed E-state index contributed by atoms with van der Waals surface area (Å²) >= 11 is 0. The lowest BCUT2D eigenvalue weighted by Gasteiger charge is -2.37. The van der Waals surface area contributed by atoms with Crippen molar-refractivity contribution in [3.63, 3.8) is 0 Å². The van der Waals surface area contributed by atoms with Crippen molar-refractivity contribution in [2.24, 2.45) is 35.3 Å². The van der Waals surface area contributed by atoms with Gasteiger partial charge in [-0.1, -0.05) is 85.8 Å². The van der Waals surface area contributed by atoms with Crippen molar-refractivity contribution < 1.29 is 110 Å². The van der Waals surface area contributed by atoms with E-state index in [1.807, 2.05) is 72.8 Å². The van der Waals surface area contributed by atoms with Crippen molar-refractivity contribution in [1.82, 2.24) is 41.4 Å². The lowest BCUT2D eigenvalue weighted by Crippen LogP contribution is -2.52. The molecule has 0 radical (unpaired) electrons. The number of hydrogen-bond donors (Lipinski definition) is 9. The first kappa shape index (κ1) is 98.9. The largest absolute Gasteiger partial charge is 0.496 e. The van der Waals surface area contributed by atoms with Gasteiger partial charge in [-0.3, -0.25) is 48.2 Å². The number of carbonyl (C=O) groups is 14. The fourth-order valence-corrected chi connectivity index (χ4v) is 15.0. The van der Waals surface area contributed by atoms with Crippen LogP contribution in [0.5, 0.6) is 5.75 Å². The number of methoxy groups -OCH3 is 5. The van der Waals surface area contributed by atoms with Gasteiger partial charge in [-0.15, -0.1) is 24.8 Å². The molecule has 5 aliphatic heterocycles. The van der Waals surface area contributed by atoms with Gasteiger partial charge in [-0.2, -0.15) is 0 Å². The zero-order valence-electron chi connectivity index (χ0n) is 69.5. The predicted octanol–water partition coefficient (Wildman–Crippen LogP) is 8.89. The maximum absolute atomic E-state index is 13.5. The van der Waals surface area contributed by atoms with Gasteiger partial charge in [0, 0.05) is 80.1 Å². The van der Waals surface area contributed by atoms with Gasteiger partial charge in [-0.05, 0) is 177 Å². The number of amides is 6. The SMILES string of the molecule is CC(C)(C)OC(=O)N1CCc2ccccc2[C@H]1C(=O)O.COC(=O)[C@@H](C)C[C@@H]1CCNC1=O.COC(=O)[C@@H](N)C[C@@H]1CCNC1=O.COC(=O)[C@H](C[C@@H]1CCCC1=O)NC(=O)[C@@H]1c2ccccc2CCN1C(=O)OC(C)(C)C.COC(=O)[C@H](C[C@@H]1CCCC1=O)NC(=O)[C@H]1NCCc2ccccc21.COc1cccc2[nH]c(C(=O)O)cc12.Cl.Cl. The molecule has 4 fully saturated rings. The highest BCUT2D eigenvalue weighted by Crippen LogP contribution is 2.36. The number of esters is 4. The third kappa shape index (κ3) is 28.5. The molecule has 32 nitrogen and oxygen atoms in total. The summed E-state index contributed by atoms with van der Waals surface area (Å²) < 4.78 is 34.7. The van der Waals surface area contributed by atoms with E-state index >= 15 is 0 Å². The second-order valence-corrected chi connectivity index (χ2v) is 31.5. The Bertz CT molecular complexity index is 4320. The van der Waals surface area contributed by atoms with Crippen LogP contribution in [0.4, 0.5) is 9.59 Å². The number of carboxylic acids is 2. The first-order chi connectivity index (χ1) is 55.5. The Morgan fingerprint density at radius 3 is 1.39 bits per heavy atom. The van der Waals surface area contributed by atoms with E-state index < -0.39 is 95.4 Å². The van der Waals surface area contributed by atoms with Crippen LogP contribution in [0.1, 0.15) is 188 Å². The third-order valence-corrected chi connectivity index (χ3v) is 20.9. The predicted molar refractivity (Wildman–Crippen MR) is 441 cm³/mol. The van der Waals surface area contributed by atoms with Gasteiger partial charge in [0.15, 0.2) is 6.04 Å². The number of hydrogen-bond acceptors (Lipinski definition) is 23. The van der Waals surface area contributed by atoms with Crippen molar-refractivity contribution in [1.29, 1.82) is 0 Å². The Hall–Kier alpha value is -10.7. The summed E-state index contributed by atoms with van der Waals surface area (Å²) in [5.41, 5.74) is 10.5. The molecule has 2 saturated heterocycles. The first-order valence-corrected chi connectivity index (χ1v) is 39.4. The highest BCUT2D eigenvalue weighted by molar-refractivity contribution is 5.97. The van der Waals surface area contributed by atoms with Crippen LogP contribution in [0, 0.1) is 29.6 Å². The summed E-state index contributed by atoms with van der Waals surface area (Å²) in [5, 5.41) is 33.2. The molecule has 652 valence electrons. The lowest BCUT2D eigenvalue weighted by molar-refractivity contribution is -0.147. The number of carboxylic acid groups (broad SMARTS) is 2. The molecule has 1 aromatic heterocycles. The van der Waals surface area contributed by atoms with E-state index in [0.29, 0.717) is 94.4 Å². The maximum Gasteiger partial charge on any atom is 0.411 e. The normalized spacial score (nSPS) is 20.3. The van der Waals surface area contributed by atoms with E-state index in [-0.39, 0.29) is 102 Å². The summed E-state index contributed by atoms with van der Waals surface area (Å²) in [6.45, 7) is 15.2. The summed E-state index contributed by atoms with van der Waals surface area (Å²) in [7, 11) is 6.76. The van der Waals surface area contributed by atoms with Crippen molar-refractivity contribution in [3.8, 4) is 5.75 Å². The van der Waals surface area contributed by atoms with Gasteiger partial charge in [0.2, 0.25) is 23.6 Å². The standard InChI is InChI=1S/C24H32N2O6.C19H24N2O4.C15H19NO4.C10H9NO3.C9H15NO3.C8H14N2O3.2ClH/c1-24(2,3)32-23(30)26-13-12-15-8-5-6-10-17(15)20(26)21(28)25-18(22(29)31-4)14-16-9-7-11-19(16)27;1-25-19(24)15(11-13-6-4-8-16(13)22)21-18(23)17-14-7-3-2-5-12(14)9-10-20-17;1-15(2,3)20-14(19)16-9-8-10-6-4-5-7-11(10)12(16)13(17)18;1-14-9-4-2-3-7-6(9)5-8(11-7)10(12)13;1-6(9(12)13-2)5-7-3-4-10-8(7)11;1-13-8(12)6(9)4-5-2-3-10-7(5)11;;/h5-6,8,10,16,18,20H,7,9,11-14H2,1-4H3,(H,25,28);2-3,5,7,13,15,17,20H,4,6,8-11H2,1H3,(H,21,23);4-7,12H,8-9H2,1-3H3,(H,17,18);2-5,11H,1H3,(H,12,13);6-7H,3-5H2,1-2H3,(H,10,11);5-6H,2-4,9H2,1H3,(H,10,11);2*1H/t16-,18-,20-;13-,15-,17-;12-;;6-,7-;5-,6-;;/m000.00../s1. The van der Waals surface area contributed by atoms with Gasteiger partial charge in [0.25, 0.3) is 0 Å². The molecule has 0 spiro atoms. The lowest BCUT2D eigenvalue weighted by atomic mass is 9.91. The third-order valence-electron chi connectivity index (χ3n) is 20.9. The number of aromatic amines is 1. The molecule has 2 aliphatic carbocycles. The molecule has 4 aromatic carbocycles. The van der Waals surface area contributed by atoms with Crippen LogP contribution in [0.15, 0.2) is 97.1 Å². The number of nitrogens with one attached hydrogen (secondary N) is 6. The summed E-state index contributed by atoms with van der Waals surface area (Å²) in [6.07, 6.45) is 8.14. The van der Waals surface area contributed by atoms with E-state index in [2.05, 4.69) is 41.0 Å². The van der Waals surface area contributed by atoms with Crippen LogP contribution in [0.2, 0.25) is 0 Å². The Morgan fingerprint density at radius 2 is 0.958 bits per heavy atom. The maximum atomic E-state index is 13.5. The van der Waals surface area contributed by atoms with Crippen molar-refractivity contribution in [3.05, 3.63) is 136 Å². The molecule has 6 heterocycles. The number of ether oxygens (including phenoxy) is 7. The topological polar surface area (TPSA) is 452 Å². The highest BCUT2D eigenvalue weighted by atomic mass is 35.5. The minimum atomic E-state index is -1.04. The molecule has 11 atom stereocenters. The average Bonchev–Trinajstić information content (AvgIpc) is 1.64. The molecule has 7 aliphatic rings. The van der Waals surface area contributed by atoms with E-state index in [1.54, 1.807) is 79.8 Å². The Morgan fingerprint density at radius 1 is 0.513 bits per heavy atom. The number of Topliss-reactive ketones (excluding diaryl/α,β-unsaturated/α-hetero) is 2. The van der Waals surface area contributed by atoms with E-state index in [9.17, 15) is 72.2 Å². The van der Waals surface area contributed by atoms with E-state index in [0.717, 1.165) is 78.2 Å². The fraction of sp³-hybridized carbons (Fsp3) is 0.529. The number of nitrogens with zero attached hydrogens (tertiary/aromatic N) is 2. The van der Waals surface area contributed by atoms with Gasteiger partial charge in [0.1, 0.15) is 64.4 Å². The van der Waals surface area contributed by atoms with Gasteiger partial charge < -0.3 is 80.7 Å². The van der Waals surface area contributed by atoms with Crippen LogP contribution < -0.4 is 37.1 Å². The van der Waals surface area contributed by atoms with Crippen LogP contribution in [0.25, 0.3) is 10.9 Å². The van der Waals surface area contributed by atoms with Crippen LogP contribution in [0.3, 0.4) is 0 Å². The number of aliphatic carboxylic acids is 1. The van der Waals surface area contributed by atoms with E-state index in [1.165, 1.54) is 38.2 Å². The number of carbonyl (C=O) groups excluding carboxylic acids is 12. The van der Waals surface area contributed by atoms with Crippen molar-refractivity contribution >= 4 is 119 Å². The molecular formula is C85H115Cl2N9O23. The van der Waals surface area contributed by atoms with Crippen LogP contribution in [-0.2, 0) is 100 Å². The number of aromatic nitrogens is 1. The molecule has 2 saturated carbocycles. The van der Waals surface area contributed by atoms with Gasteiger partial charge >= 0.3 is 48.0 Å². The first-order valence-electron chi connectivity index (χ1n) is 39.4.